The highest BCUT2D eigenvalue weighted by Crippen LogP contribution is 2.28. The van der Waals surface area contributed by atoms with Crippen molar-refractivity contribution in [3.8, 4) is 27.9 Å². The number of thiophene rings is 1. The van der Waals surface area contributed by atoms with Gasteiger partial charge >= 0.3 is 0 Å². The molecule has 172 valence electrons. The van der Waals surface area contributed by atoms with E-state index < -0.39 is 0 Å². The molecule has 0 saturated carbocycles. The molecule has 2 aliphatic heterocycles. The molecule has 7 nitrogen and oxygen atoms in total. The number of fused-ring (bicyclic) bond motifs is 1. The second kappa shape index (κ2) is 9.04. The van der Waals surface area contributed by atoms with Gasteiger partial charge in [-0.2, -0.15) is 4.98 Å². The zero-order valence-corrected chi connectivity index (χ0v) is 19.5. The molecule has 0 bridgehead atoms. The maximum absolute atomic E-state index is 13.0. The van der Waals surface area contributed by atoms with Crippen LogP contribution in [0.15, 0.2) is 64.5 Å². The number of piperazine rings is 1. The minimum Gasteiger partial charge on any atom is -0.493 e. The summed E-state index contributed by atoms with van der Waals surface area (Å²) in [7, 11) is 0. The number of benzene rings is 2. The van der Waals surface area contributed by atoms with Crippen LogP contribution in [0.1, 0.15) is 21.5 Å². The number of ether oxygens (including phenoxy) is 1. The lowest BCUT2D eigenvalue weighted by Gasteiger charge is -2.35. The van der Waals surface area contributed by atoms with Crippen molar-refractivity contribution < 1.29 is 14.1 Å². The van der Waals surface area contributed by atoms with Gasteiger partial charge in [-0.1, -0.05) is 29.4 Å². The number of nitrogens with zero attached hydrogens (tertiary/aromatic N) is 4. The molecule has 4 heterocycles. The summed E-state index contributed by atoms with van der Waals surface area (Å²) in [4.78, 5) is 22.9. The molecular formula is C26H24N4O3S. The molecule has 4 aromatic rings. The smallest absolute Gasteiger partial charge is 0.268 e. The molecule has 2 aromatic carbocycles. The molecule has 1 fully saturated rings. The van der Waals surface area contributed by atoms with Gasteiger partial charge in [-0.15, -0.1) is 11.3 Å². The van der Waals surface area contributed by atoms with Crippen molar-refractivity contribution >= 4 is 17.2 Å². The van der Waals surface area contributed by atoms with E-state index in [9.17, 15) is 4.79 Å². The molecule has 2 aliphatic rings. The Labute approximate surface area is 201 Å². The molecule has 0 aliphatic carbocycles. The summed E-state index contributed by atoms with van der Waals surface area (Å²) in [5, 5.41) is 6.16. The van der Waals surface area contributed by atoms with Crippen LogP contribution in [0.3, 0.4) is 0 Å². The van der Waals surface area contributed by atoms with Crippen LogP contribution in [0, 0.1) is 0 Å². The number of amides is 1. The summed E-state index contributed by atoms with van der Waals surface area (Å²) in [5.41, 5.74) is 4.03. The summed E-state index contributed by atoms with van der Waals surface area (Å²) in [6, 6.07) is 18.0. The largest absolute Gasteiger partial charge is 0.493 e. The third kappa shape index (κ3) is 4.22. The second-order valence-corrected chi connectivity index (χ2v) is 9.54. The van der Waals surface area contributed by atoms with Crippen LogP contribution < -0.4 is 4.74 Å². The molecular weight excluding hydrogens is 448 g/mol. The fraction of sp³-hybridized carbons (Fsp3) is 0.269. The summed E-state index contributed by atoms with van der Waals surface area (Å²) < 4.78 is 11.0. The molecule has 0 N–H and O–H groups in total. The first-order chi connectivity index (χ1) is 16.7. The molecule has 34 heavy (non-hydrogen) atoms. The van der Waals surface area contributed by atoms with Crippen molar-refractivity contribution in [3.63, 3.8) is 0 Å². The van der Waals surface area contributed by atoms with Gasteiger partial charge in [0.2, 0.25) is 5.82 Å². The number of rotatable bonds is 5. The zero-order chi connectivity index (χ0) is 22.9. The lowest BCUT2D eigenvalue weighted by Crippen LogP contribution is -2.48. The Morgan fingerprint density at radius 2 is 1.94 bits per heavy atom. The normalized spacial score (nSPS) is 15.8. The molecule has 0 spiro atoms. The Kier molecular flexibility index (Phi) is 5.60. The Hall–Kier alpha value is -3.49. The van der Waals surface area contributed by atoms with Crippen LogP contribution in [0.2, 0.25) is 0 Å². The highest BCUT2D eigenvalue weighted by molar-refractivity contribution is 7.13. The lowest BCUT2D eigenvalue weighted by atomic mass is 10.1. The van der Waals surface area contributed by atoms with Crippen LogP contribution in [0.5, 0.6) is 5.75 Å². The SMILES string of the molecule is O=C(c1ccc2c(c1)CCO2)N1CCN(Cc2cccc(-c3noc(-c4cccs4)n3)c2)CC1. The third-order valence-corrected chi connectivity index (χ3v) is 7.20. The molecule has 0 radical (unpaired) electrons. The standard InChI is InChI=1S/C26H24N4O3S/c31-26(21-6-7-22-19(16-21)8-13-32-22)30-11-9-29(10-12-30)17-18-3-1-4-20(15-18)24-27-25(33-28-24)23-5-2-14-34-23/h1-7,14-16H,8-13,17H2. The molecule has 1 amide bonds. The van der Waals surface area contributed by atoms with E-state index in [-0.39, 0.29) is 5.91 Å². The van der Waals surface area contributed by atoms with Gasteiger partial charge in [-0.05, 0) is 46.8 Å². The molecule has 0 unspecified atom stereocenters. The first-order valence-corrected chi connectivity index (χ1v) is 12.4. The Morgan fingerprint density at radius 3 is 2.79 bits per heavy atom. The molecule has 0 atom stereocenters. The summed E-state index contributed by atoms with van der Waals surface area (Å²) in [6.07, 6.45) is 0.877. The highest BCUT2D eigenvalue weighted by Gasteiger charge is 2.24. The van der Waals surface area contributed by atoms with E-state index in [1.165, 1.54) is 5.56 Å². The van der Waals surface area contributed by atoms with Crippen LogP contribution >= 0.6 is 11.3 Å². The second-order valence-electron chi connectivity index (χ2n) is 8.59. The van der Waals surface area contributed by atoms with Crippen LogP contribution in [-0.2, 0) is 13.0 Å². The van der Waals surface area contributed by atoms with Gasteiger partial charge in [0, 0.05) is 50.3 Å². The minimum absolute atomic E-state index is 0.106. The first kappa shape index (κ1) is 21.1. The van der Waals surface area contributed by atoms with E-state index in [0.29, 0.717) is 18.3 Å². The van der Waals surface area contributed by atoms with E-state index in [2.05, 4.69) is 27.2 Å². The summed E-state index contributed by atoms with van der Waals surface area (Å²) >= 11 is 1.58. The lowest BCUT2D eigenvalue weighted by molar-refractivity contribution is 0.0628. The van der Waals surface area contributed by atoms with Gasteiger partial charge in [0.25, 0.3) is 11.8 Å². The molecule has 8 heteroatoms. The number of aromatic nitrogens is 2. The molecule has 2 aromatic heterocycles. The number of hydrogen-bond acceptors (Lipinski definition) is 7. The summed E-state index contributed by atoms with van der Waals surface area (Å²) in [5.74, 6) is 2.16. The maximum Gasteiger partial charge on any atom is 0.268 e. The zero-order valence-electron chi connectivity index (χ0n) is 18.6. The van der Waals surface area contributed by atoms with Crippen molar-refractivity contribution in [1.29, 1.82) is 0 Å². The number of hydrogen-bond donors (Lipinski definition) is 0. The molecule has 1 saturated heterocycles. The Bertz CT molecular complexity index is 1310. The monoisotopic (exact) mass is 472 g/mol. The fourth-order valence-corrected chi connectivity index (χ4v) is 5.16. The Morgan fingerprint density at radius 1 is 1.03 bits per heavy atom. The Balaban J connectivity index is 1.08. The van der Waals surface area contributed by atoms with Gasteiger partial charge in [-0.25, -0.2) is 0 Å². The quantitative estimate of drug-likeness (QED) is 0.430. The minimum atomic E-state index is 0.106. The van der Waals surface area contributed by atoms with Crippen molar-refractivity contribution in [2.24, 2.45) is 0 Å². The predicted octanol–water partition coefficient (Wildman–Crippen LogP) is 4.36. The van der Waals surface area contributed by atoms with Gasteiger partial charge in [-0.3, -0.25) is 9.69 Å². The topological polar surface area (TPSA) is 71.7 Å². The molecule has 6 rings (SSSR count). The van der Waals surface area contributed by atoms with E-state index in [1.54, 1.807) is 11.3 Å². The van der Waals surface area contributed by atoms with Crippen LogP contribution in [-0.4, -0.2) is 58.6 Å². The number of carbonyl (C=O) groups excluding carboxylic acids is 1. The van der Waals surface area contributed by atoms with Gasteiger partial charge in [0.05, 0.1) is 11.5 Å². The maximum atomic E-state index is 13.0. The van der Waals surface area contributed by atoms with Crippen LogP contribution in [0.25, 0.3) is 22.2 Å². The first-order valence-electron chi connectivity index (χ1n) is 11.5. The van der Waals surface area contributed by atoms with Crippen LogP contribution in [0.4, 0.5) is 0 Å². The van der Waals surface area contributed by atoms with Crippen molar-refractivity contribution in [1.82, 2.24) is 19.9 Å². The third-order valence-electron chi connectivity index (χ3n) is 6.35. The average Bonchev–Trinajstić information content (AvgIpc) is 3.65. The number of carbonyl (C=O) groups is 1. The van der Waals surface area contributed by atoms with Gasteiger partial charge < -0.3 is 14.2 Å². The van der Waals surface area contributed by atoms with Crippen molar-refractivity contribution in [2.45, 2.75) is 13.0 Å². The van der Waals surface area contributed by atoms with E-state index in [0.717, 1.165) is 66.5 Å². The van der Waals surface area contributed by atoms with E-state index >= 15 is 0 Å². The van der Waals surface area contributed by atoms with Gasteiger partial charge in [0.1, 0.15) is 5.75 Å². The highest BCUT2D eigenvalue weighted by atomic mass is 32.1. The van der Waals surface area contributed by atoms with Gasteiger partial charge in [0.15, 0.2) is 0 Å². The van der Waals surface area contributed by atoms with E-state index in [1.807, 2.05) is 52.7 Å². The average molecular weight is 473 g/mol. The van der Waals surface area contributed by atoms with E-state index in [4.69, 9.17) is 9.26 Å². The predicted molar refractivity (Wildman–Crippen MR) is 130 cm³/mol. The fourth-order valence-electron chi connectivity index (χ4n) is 4.52. The van der Waals surface area contributed by atoms with Crippen molar-refractivity contribution in [3.05, 3.63) is 76.7 Å². The van der Waals surface area contributed by atoms with Crippen molar-refractivity contribution in [2.75, 3.05) is 32.8 Å². The summed E-state index contributed by atoms with van der Waals surface area (Å²) in [6.45, 7) is 4.66.